The Morgan fingerprint density at radius 1 is 1.10 bits per heavy atom. The predicted molar refractivity (Wildman–Crippen MR) is 82.5 cm³/mol. The summed E-state index contributed by atoms with van der Waals surface area (Å²) in [6.07, 6.45) is 4.77. The second kappa shape index (κ2) is 6.53. The molecular weight excluding hydrogens is 260 g/mol. The number of hydrogen-bond donors (Lipinski definition) is 0. The topological polar surface area (TPSA) is 33.2 Å². The Morgan fingerprint density at radius 3 is 2.52 bits per heavy atom. The SMILES string of the molecule is O=C(C1CC1)N(CCc1ccccc1)Cc1ccccn1. The van der Waals surface area contributed by atoms with E-state index in [-0.39, 0.29) is 11.8 Å². The predicted octanol–water partition coefficient (Wildman–Crippen LogP) is 3.06. The zero-order chi connectivity index (χ0) is 14.5. The zero-order valence-corrected chi connectivity index (χ0v) is 12.1. The Hall–Kier alpha value is -2.16. The molecule has 1 saturated carbocycles. The van der Waals surface area contributed by atoms with Gasteiger partial charge in [-0.1, -0.05) is 36.4 Å². The van der Waals surface area contributed by atoms with Gasteiger partial charge in [0.25, 0.3) is 0 Å². The molecule has 1 heterocycles. The molecule has 1 aliphatic carbocycles. The zero-order valence-electron chi connectivity index (χ0n) is 12.1. The molecule has 1 fully saturated rings. The van der Waals surface area contributed by atoms with Crippen molar-refractivity contribution in [2.24, 2.45) is 5.92 Å². The second-order valence-corrected chi connectivity index (χ2v) is 5.59. The molecule has 1 aromatic carbocycles. The highest BCUT2D eigenvalue weighted by atomic mass is 16.2. The molecule has 2 aromatic rings. The van der Waals surface area contributed by atoms with E-state index >= 15 is 0 Å². The van der Waals surface area contributed by atoms with Crippen LogP contribution in [0.15, 0.2) is 54.7 Å². The van der Waals surface area contributed by atoms with E-state index in [1.165, 1.54) is 5.56 Å². The summed E-state index contributed by atoms with van der Waals surface area (Å²) in [7, 11) is 0. The van der Waals surface area contributed by atoms with Crippen LogP contribution in [0.3, 0.4) is 0 Å². The van der Waals surface area contributed by atoms with Gasteiger partial charge in [-0.15, -0.1) is 0 Å². The molecule has 0 radical (unpaired) electrons. The molecule has 1 amide bonds. The van der Waals surface area contributed by atoms with Gasteiger partial charge < -0.3 is 4.90 Å². The first kappa shape index (κ1) is 13.8. The van der Waals surface area contributed by atoms with Crippen molar-refractivity contribution < 1.29 is 4.79 Å². The van der Waals surface area contributed by atoms with Gasteiger partial charge in [0.15, 0.2) is 0 Å². The van der Waals surface area contributed by atoms with Gasteiger partial charge in [0.1, 0.15) is 0 Å². The molecule has 0 bridgehead atoms. The Bertz CT molecular complexity index is 579. The summed E-state index contributed by atoms with van der Waals surface area (Å²) in [6.45, 7) is 1.37. The van der Waals surface area contributed by atoms with Gasteiger partial charge in [-0.05, 0) is 37.0 Å². The molecule has 0 atom stereocenters. The first-order valence-corrected chi connectivity index (χ1v) is 7.55. The maximum atomic E-state index is 12.4. The Balaban J connectivity index is 1.65. The lowest BCUT2D eigenvalue weighted by atomic mass is 10.1. The van der Waals surface area contributed by atoms with Crippen LogP contribution >= 0.6 is 0 Å². The fourth-order valence-corrected chi connectivity index (χ4v) is 2.45. The highest BCUT2D eigenvalue weighted by Gasteiger charge is 2.33. The monoisotopic (exact) mass is 280 g/mol. The van der Waals surface area contributed by atoms with Crippen molar-refractivity contribution in [2.75, 3.05) is 6.54 Å². The van der Waals surface area contributed by atoms with E-state index in [4.69, 9.17) is 0 Å². The molecule has 0 N–H and O–H groups in total. The molecule has 1 aromatic heterocycles. The Morgan fingerprint density at radius 2 is 1.86 bits per heavy atom. The summed E-state index contributed by atoms with van der Waals surface area (Å²) < 4.78 is 0. The number of carbonyl (C=O) groups excluding carboxylic acids is 1. The fraction of sp³-hybridized carbons (Fsp3) is 0.333. The molecule has 3 rings (SSSR count). The molecule has 3 heteroatoms. The van der Waals surface area contributed by atoms with Crippen molar-refractivity contribution in [1.29, 1.82) is 0 Å². The van der Waals surface area contributed by atoms with Crippen molar-refractivity contribution in [3.63, 3.8) is 0 Å². The van der Waals surface area contributed by atoms with Crippen molar-refractivity contribution in [2.45, 2.75) is 25.8 Å². The molecule has 0 saturated heterocycles. The number of rotatable bonds is 6. The van der Waals surface area contributed by atoms with Gasteiger partial charge in [0.05, 0.1) is 12.2 Å². The van der Waals surface area contributed by atoms with E-state index in [2.05, 4.69) is 17.1 Å². The van der Waals surface area contributed by atoms with Crippen molar-refractivity contribution >= 4 is 5.91 Å². The van der Waals surface area contributed by atoms with E-state index in [1.54, 1.807) is 6.20 Å². The van der Waals surface area contributed by atoms with Gasteiger partial charge in [0.2, 0.25) is 5.91 Å². The van der Waals surface area contributed by atoms with Gasteiger partial charge in [-0.2, -0.15) is 0 Å². The van der Waals surface area contributed by atoms with Crippen molar-refractivity contribution in [3.8, 4) is 0 Å². The van der Waals surface area contributed by atoms with Gasteiger partial charge >= 0.3 is 0 Å². The third kappa shape index (κ3) is 3.91. The van der Waals surface area contributed by atoms with Crippen LogP contribution in [0.5, 0.6) is 0 Å². The molecule has 0 aliphatic heterocycles. The first-order valence-electron chi connectivity index (χ1n) is 7.55. The molecular formula is C18H20N2O. The van der Waals surface area contributed by atoms with Crippen LogP contribution < -0.4 is 0 Å². The number of nitrogens with zero attached hydrogens (tertiary/aromatic N) is 2. The van der Waals surface area contributed by atoms with E-state index in [0.29, 0.717) is 6.54 Å². The van der Waals surface area contributed by atoms with Gasteiger partial charge in [-0.25, -0.2) is 0 Å². The van der Waals surface area contributed by atoms with E-state index in [0.717, 1.165) is 31.5 Å². The quantitative estimate of drug-likeness (QED) is 0.814. The molecule has 21 heavy (non-hydrogen) atoms. The summed E-state index contributed by atoms with van der Waals surface area (Å²) in [5.41, 5.74) is 2.23. The van der Waals surface area contributed by atoms with Crippen molar-refractivity contribution in [3.05, 3.63) is 66.0 Å². The van der Waals surface area contributed by atoms with Crippen LogP contribution in [0.4, 0.5) is 0 Å². The van der Waals surface area contributed by atoms with Crippen LogP contribution in [0.1, 0.15) is 24.1 Å². The minimum atomic E-state index is 0.254. The molecule has 108 valence electrons. The van der Waals surface area contributed by atoms with E-state index < -0.39 is 0 Å². The smallest absolute Gasteiger partial charge is 0.226 e. The normalized spacial score (nSPS) is 13.9. The van der Waals surface area contributed by atoms with Crippen LogP contribution in [0.25, 0.3) is 0 Å². The van der Waals surface area contributed by atoms with E-state index in [9.17, 15) is 4.79 Å². The maximum absolute atomic E-state index is 12.4. The minimum Gasteiger partial charge on any atom is -0.336 e. The minimum absolute atomic E-state index is 0.254. The average Bonchev–Trinajstić information content (AvgIpc) is 3.37. The van der Waals surface area contributed by atoms with Gasteiger partial charge in [-0.3, -0.25) is 9.78 Å². The summed E-state index contributed by atoms with van der Waals surface area (Å²) in [5, 5.41) is 0. The number of aromatic nitrogens is 1. The molecule has 3 nitrogen and oxygen atoms in total. The lowest BCUT2D eigenvalue weighted by Gasteiger charge is -2.22. The summed E-state index contributed by atoms with van der Waals surface area (Å²) in [6, 6.07) is 16.2. The maximum Gasteiger partial charge on any atom is 0.226 e. The number of amides is 1. The molecule has 0 unspecified atom stereocenters. The highest BCUT2D eigenvalue weighted by molar-refractivity contribution is 5.81. The average molecular weight is 280 g/mol. The van der Waals surface area contributed by atoms with Gasteiger partial charge in [0, 0.05) is 18.7 Å². The summed E-state index contributed by atoms with van der Waals surface area (Å²) in [5.74, 6) is 0.543. The van der Waals surface area contributed by atoms with Crippen LogP contribution in [-0.4, -0.2) is 22.3 Å². The summed E-state index contributed by atoms with van der Waals surface area (Å²) in [4.78, 5) is 18.7. The standard InChI is InChI=1S/C18H20N2O/c21-18(16-9-10-16)20(14-17-8-4-5-12-19-17)13-11-15-6-2-1-3-7-15/h1-8,12,16H,9-11,13-14H2. The summed E-state index contributed by atoms with van der Waals surface area (Å²) >= 11 is 0. The number of carbonyl (C=O) groups is 1. The van der Waals surface area contributed by atoms with Crippen LogP contribution in [0, 0.1) is 5.92 Å². The third-order valence-corrected chi connectivity index (χ3v) is 3.83. The number of benzene rings is 1. The first-order chi connectivity index (χ1) is 10.3. The second-order valence-electron chi connectivity index (χ2n) is 5.59. The Labute approximate surface area is 125 Å². The molecule has 1 aliphatic rings. The van der Waals surface area contributed by atoms with Crippen molar-refractivity contribution in [1.82, 2.24) is 9.88 Å². The third-order valence-electron chi connectivity index (χ3n) is 3.83. The fourth-order valence-electron chi connectivity index (χ4n) is 2.45. The highest BCUT2D eigenvalue weighted by Crippen LogP contribution is 2.31. The largest absolute Gasteiger partial charge is 0.336 e. The number of hydrogen-bond acceptors (Lipinski definition) is 2. The molecule has 0 spiro atoms. The number of pyridine rings is 1. The lowest BCUT2D eigenvalue weighted by Crippen LogP contribution is -2.33. The lowest BCUT2D eigenvalue weighted by molar-refractivity contribution is -0.133. The van der Waals surface area contributed by atoms with Crippen LogP contribution in [0.2, 0.25) is 0 Å². The van der Waals surface area contributed by atoms with Crippen LogP contribution in [-0.2, 0) is 17.8 Å². The van der Waals surface area contributed by atoms with E-state index in [1.807, 2.05) is 41.3 Å². The Kier molecular flexibility index (Phi) is 4.29.